The molecule has 1 aromatic carbocycles. The SMILES string of the molecule is CC(C)(C)OC(=O)N1CCC(C(=O)O)CC1.Cc1ccc(NC(=O)C2CCN(C(=O)O)CC2)cc1. The molecule has 2 fully saturated rings. The molecule has 2 aliphatic rings. The van der Waals surface area contributed by atoms with Crippen LogP contribution < -0.4 is 5.32 Å². The highest BCUT2D eigenvalue weighted by Crippen LogP contribution is 2.21. The van der Waals surface area contributed by atoms with E-state index < -0.39 is 17.7 Å². The number of rotatable bonds is 3. The summed E-state index contributed by atoms with van der Waals surface area (Å²) in [4.78, 5) is 48.1. The van der Waals surface area contributed by atoms with Crippen LogP contribution in [0.25, 0.3) is 0 Å². The molecule has 3 rings (SSSR count). The van der Waals surface area contributed by atoms with Crippen molar-refractivity contribution in [3.05, 3.63) is 29.8 Å². The van der Waals surface area contributed by atoms with Gasteiger partial charge in [0.05, 0.1) is 5.92 Å². The lowest BCUT2D eigenvalue weighted by Crippen LogP contribution is -2.42. The number of ether oxygens (including phenoxy) is 1. The van der Waals surface area contributed by atoms with Crippen LogP contribution in [0.1, 0.15) is 52.0 Å². The molecule has 2 aliphatic heterocycles. The summed E-state index contributed by atoms with van der Waals surface area (Å²) in [6.07, 6.45) is 0.936. The summed E-state index contributed by atoms with van der Waals surface area (Å²) in [6, 6.07) is 7.64. The van der Waals surface area contributed by atoms with Crippen LogP contribution in [0.4, 0.5) is 15.3 Å². The zero-order valence-electron chi connectivity index (χ0n) is 21.0. The van der Waals surface area contributed by atoms with E-state index in [1.807, 2.05) is 52.0 Å². The van der Waals surface area contributed by atoms with E-state index in [-0.39, 0.29) is 23.8 Å². The number of anilines is 1. The van der Waals surface area contributed by atoms with Gasteiger partial charge in [0.15, 0.2) is 0 Å². The Bertz CT molecular complexity index is 879. The number of aryl methyl sites for hydroxylation is 1. The number of benzene rings is 1. The van der Waals surface area contributed by atoms with Gasteiger partial charge < -0.3 is 30.1 Å². The molecule has 0 aromatic heterocycles. The zero-order chi connectivity index (χ0) is 26.2. The van der Waals surface area contributed by atoms with Crippen LogP contribution in [0.3, 0.4) is 0 Å². The quantitative estimate of drug-likeness (QED) is 0.580. The maximum absolute atomic E-state index is 12.1. The summed E-state index contributed by atoms with van der Waals surface area (Å²) in [5.74, 6) is -1.21. The van der Waals surface area contributed by atoms with Crippen molar-refractivity contribution in [1.29, 1.82) is 0 Å². The van der Waals surface area contributed by atoms with Crippen molar-refractivity contribution in [2.45, 2.75) is 59.0 Å². The molecule has 0 bridgehead atoms. The molecule has 2 heterocycles. The molecule has 194 valence electrons. The van der Waals surface area contributed by atoms with E-state index in [0.717, 1.165) is 11.3 Å². The fourth-order valence-electron chi connectivity index (χ4n) is 3.85. The van der Waals surface area contributed by atoms with Crippen LogP contribution in [0.15, 0.2) is 24.3 Å². The largest absolute Gasteiger partial charge is 0.481 e. The number of carboxylic acid groups (broad SMARTS) is 2. The summed E-state index contributed by atoms with van der Waals surface area (Å²) in [5, 5.41) is 20.5. The van der Waals surface area contributed by atoms with Crippen molar-refractivity contribution in [1.82, 2.24) is 9.80 Å². The molecule has 10 heteroatoms. The van der Waals surface area contributed by atoms with E-state index in [0.29, 0.717) is 51.9 Å². The Balaban J connectivity index is 0.000000251. The molecule has 0 aliphatic carbocycles. The fraction of sp³-hybridized carbons (Fsp3) is 0.600. The predicted molar refractivity (Wildman–Crippen MR) is 130 cm³/mol. The first-order valence-electron chi connectivity index (χ1n) is 11.9. The summed E-state index contributed by atoms with van der Waals surface area (Å²) in [7, 11) is 0. The van der Waals surface area contributed by atoms with Gasteiger partial charge in [-0.15, -0.1) is 0 Å². The number of hydrogen-bond acceptors (Lipinski definition) is 5. The maximum Gasteiger partial charge on any atom is 0.410 e. The third-order valence-electron chi connectivity index (χ3n) is 5.95. The Hall–Kier alpha value is -3.30. The first kappa shape index (κ1) is 27.9. The van der Waals surface area contributed by atoms with Gasteiger partial charge in [0, 0.05) is 37.8 Å². The minimum absolute atomic E-state index is 0.0195. The van der Waals surface area contributed by atoms with Gasteiger partial charge in [0.25, 0.3) is 0 Å². The first-order valence-corrected chi connectivity index (χ1v) is 11.9. The number of carbonyl (C=O) groups is 4. The van der Waals surface area contributed by atoms with E-state index in [2.05, 4.69) is 5.32 Å². The number of hydrogen-bond donors (Lipinski definition) is 3. The average molecular weight is 492 g/mol. The Kier molecular flexibility index (Phi) is 9.91. The molecule has 10 nitrogen and oxygen atoms in total. The van der Waals surface area contributed by atoms with Crippen LogP contribution in [0.2, 0.25) is 0 Å². The van der Waals surface area contributed by atoms with Gasteiger partial charge in [-0.2, -0.15) is 0 Å². The lowest BCUT2D eigenvalue weighted by Gasteiger charge is -2.32. The summed E-state index contributed by atoms with van der Waals surface area (Å²) in [5.41, 5.74) is 1.44. The highest BCUT2D eigenvalue weighted by atomic mass is 16.6. The molecule has 1 aromatic rings. The van der Waals surface area contributed by atoms with Crippen molar-refractivity contribution in [3.8, 4) is 0 Å². The van der Waals surface area contributed by atoms with Crippen molar-refractivity contribution < 1.29 is 34.1 Å². The third-order valence-corrected chi connectivity index (χ3v) is 5.95. The molecular weight excluding hydrogens is 454 g/mol. The standard InChI is InChI=1S/C14H18N2O3.C11H19NO4/c1-10-2-4-12(5-3-10)15-13(17)11-6-8-16(9-7-11)14(18)19;1-11(2,3)16-10(15)12-6-4-8(5-7-12)9(13)14/h2-5,11H,6-9H2,1H3,(H,15,17)(H,18,19);8H,4-7H2,1-3H3,(H,13,14). The Morgan fingerprint density at radius 1 is 0.857 bits per heavy atom. The molecule has 0 radical (unpaired) electrons. The van der Waals surface area contributed by atoms with Gasteiger partial charge >= 0.3 is 18.2 Å². The van der Waals surface area contributed by atoms with E-state index in [1.165, 1.54) is 4.90 Å². The summed E-state index contributed by atoms with van der Waals surface area (Å²) in [6.45, 7) is 9.23. The zero-order valence-corrected chi connectivity index (χ0v) is 21.0. The van der Waals surface area contributed by atoms with Crippen molar-refractivity contribution in [2.75, 3.05) is 31.5 Å². The maximum atomic E-state index is 12.1. The van der Waals surface area contributed by atoms with Gasteiger partial charge in [-0.05, 0) is 65.5 Å². The van der Waals surface area contributed by atoms with Crippen LogP contribution >= 0.6 is 0 Å². The molecule has 0 saturated carbocycles. The molecule has 0 unspecified atom stereocenters. The summed E-state index contributed by atoms with van der Waals surface area (Å²) < 4.78 is 5.21. The van der Waals surface area contributed by atoms with E-state index in [4.69, 9.17) is 14.9 Å². The molecule has 0 atom stereocenters. The number of carboxylic acids is 1. The number of piperidine rings is 2. The molecular formula is C25H37N3O7. The topological polar surface area (TPSA) is 136 Å². The number of nitrogens with zero attached hydrogens (tertiary/aromatic N) is 2. The minimum Gasteiger partial charge on any atom is -0.481 e. The number of amides is 3. The van der Waals surface area contributed by atoms with Gasteiger partial charge in [0.2, 0.25) is 5.91 Å². The fourth-order valence-corrected chi connectivity index (χ4v) is 3.85. The number of aliphatic carboxylic acids is 1. The first-order chi connectivity index (χ1) is 16.4. The van der Waals surface area contributed by atoms with Crippen LogP contribution in [-0.4, -0.2) is 75.9 Å². The summed E-state index contributed by atoms with van der Waals surface area (Å²) >= 11 is 0. The van der Waals surface area contributed by atoms with Gasteiger partial charge in [-0.25, -0.2) is 9.59 Å². The van der Waals surface area contributed by atoms with Crippen LogP contribution in [-0.2, 0) is 14.3 Å². The second kappa shape index (κ2) is 12.4. The van der Waals surface area contributed by atoms with Crippen molar-refractivity contribution in [2.24, 2.45) is 11.8 Å². The van der Waals surface area contributed by atoms with Crippen molar-refractivity contribution >= 4 is 29.8 Å². The normalized spacial score (nSPS) is 17.1. The number of nitrogens with one attached hydrogen (secondary N) is 1. The van der Waals surface area contributed by atoms with Crippen LogP contribution in [0, 0.1) is 18.8 Å². The van der Waals surface area contributed by atoms with E-state index in [9.17, 15) is 19.2 Å². The molecule has 35 heavy (non-hydrogen) atoms. The van der Waals surface area contributed by atoms with Gasteiger partial charge in [-0.3, -0.25) is 9.59 Å². The average Bonchev–Trinajstić information content (AvgIpc) is 2.80. The second-order valence-electron chi connectivity index (χ2n) is 9.98. The monoisotopic (exact) mass is 491 g/mol. The third kappa shape index (κ3) is 9.46. The molecule has 3 N–H and O–H groups in total. The highest BCUT2D eigenvalue weighted by Gasteiger charge is 2.29. The lowest BCUT2D eigenvalue weighted by atomic mass is 9.96. The molecule has 2 saturated heterocycles. The van der Waals surface area contributed by atoms with E-state index in [1.54, 1.807) is 4.90 Å². The number of carbonyl (C=O) groups excluding carboxylic acids is 2. The van der Waals surface area contributed by atoms with E-state index >= 15 is 0 Å². The Morgan fingerprint density at radius 2 is 1.34 bits per heavy atom. The molecule has 0 spiro atoms. The van der Waals surface area contributed by atoms with Gasteiger partial charge in [-0.1, -0.05) is 17.7 Å². The lowest BCUT2D eigenvalue weighted by molar-refractivity contribution is -0.143. The second-order valence-corrected chi connectivity index (χ2v) is 9.98. The predicted octanol–water partition coefficient (Wildman–Crippen LogP) is 4.04. The Labute approximate surface area is 206 Å². The van der Waals surface area contributed by atoms with Gasteiger partial charge in [0.1, 0.15) is 5.60 Å². The Morgan fingerprint density at radius 3 is 1.80 bits per heavy atom. The smallest absolute Gasteiger partial charge is 0.410 e. The van der Waals surface area contributed by atoms with Crippen LogP contribution in [0.5, 0.6) is 0 Å². The minimum atomic E-state index is -0.905. The van der Waals surface area contributed by atoms with Crippen molar-refractivity contribution in [3.63, 3.8) is 0 Å². The number of likely N-dealkylation sites (tertiary alicyclic amines) is 2. The molecule has 3 amide bonds. The highest BCUT2D eigenvalue weighted by molar-refractivity contribution is 5.92.